The van der Waals surface area contributed by atoms with Gasteiger partial charge in [0.1, 0.15) is 56.2 Å². The molecule has 0 saturated heterocycles. The van der Waals surface area contributed by atoms with Crippen LogP contribution in [0.4, 0.5) is 0 Å². The molecule has 53 heavy (non-hydrogen) atoms. The van der Waals surface area contributed by atoms with Crippen LogP contribution in [0.3, 0.4) is 0 Å². The van der Waals surface area contributed by atoms with Crippen molar-refractivity contribution in [2.45, 2.75) is 0 Å². The van der Waals surface area contributed by atoms with E-state index in [1.807, 2.05) is 48.5 Å². The molecule has 0 spiro atoms. The van der Waals surface area contributed by atoms with Gasteiger partial charge in [-0.25, -0.2) is 4.98 Å². The molecule has 2 heterocycles. The third-order valence-corrected chi connectivity index (χ3v) is 10.5. The number of nitrogens with zero attached hydrogens (tertiary/aromatic N) is 2. The van der Waals surface area contributed by atoms with Crippen LogP contribution in [0.15, 0.2) is 144 Å². The van der Waals surface area contributed by atoms with Gasteiger partial charge >= 0.3 is 0 Å². The zero-order chi connectivity index (χ0) is 36.0. The van der Waals surface area contributed by atoms with E-state index in [0.717, 1.165) is 82.5 Å². The molecule has 10 radical (unpaired) electrons. The van der Waals surface area contributed by atoms with Gasteiger partial charge in [-0.3, -0.25) is 4.57 Å². The molecule has 0 saturated carbocycles. The van der Waals surface area contributed by atoms with Crippen molar-refractivity contribution in [3.05, 3.63) is 140 Å². The topological polar surface area (TPSA) is 31.0 Å². The van der Waals surface area contributed by atoms with Crippen LogP contribution in [0, 0.1) is 0 Å². The maximum absolute atomic E-state index is 6.75. The molecule has 2 aromatic heterocycles. The van der Waals surface area contributed by atoms with E-state index in [2.05, 4.69) is 95.6 Å². The third kappa shape index (κ3) is 4.65. The first-order valence-corrected chi connectivity index (χ1v) is 17.3. The van der Waals surface area contributed by atoms with Gasteiger partial charge in [-0.2, -0.15) is 0 Å². The number of hydrogen-bond acceptors (Lipinski definition) is 2. The number of hydrogen-bond donors (Lipinski definition) is 0. The van der Waals surface area contributed by atoms with Crippen LogP contribution in [0.1, 0.15) is 0 Å². The number of fused-ring (bicyclic) bond motifs is 6. The number of imidazole rings is 1. The van der Waals surface area contributed by atoms with Crippen molar-refractivity contribution in [1.82, 2.24) is 9.55 Å². The fourth-order valence-electron chi connectivity index (χ4n) is 7.99. The SMILES string of the molecule is [B]c1c([B])c([B])c(-c2nc3ccccc3n2-c2c3ccccc3c(-c3cccc4oc5ccccc5c34)c3cc(-c4ccccc4)ccc23)c([B])c1[B]. The molecule has 0 unspecified atom stereocenters. The van der Waals surface area contributed by atoms with E-state index in [9.17, 15) is 0 Å². The Morgan fingerprint density at radius 1 is 0.453 bits per heavy atom. The fourth-order valence-corrected chi connectivity index (χ4v) is 7.99. The number of furan rings is 1. The molecule has 3 nitrogen and oxygen atoms in total. The first kappa shape index (κ1) is 31.6. The van der Waals surface area contributed by atoms with Gasteiger partial charge in [0.15, 0.2) is 0 Å². The number of aromatic nitrogens is 2. The lowest BCUT2D eigenvalue weighted by molar-refractivity contribution is 0.669. The molecule has 8 heteroatoms. The molecule has 10 aromatic rings. The first-order valence-electron chi connectivity index (χ1n) is 17.3. The normalized spacial score (nSPS) is 11.8. The zero-order valence-electron chi connectivity index (χ0n) is 28.5. The molecule has 0 aliphatic rings. The Labute approximate surface area is 312 Å². The standard InChI is InChI=1S/C45H23B5N2O/c46-39-38(40(47)42(49)43(50)41(39)48)45-51-32-17-7-8-18-33(32)52(45)44-27-14-5-4-13-26(27)36(31-23-25(21-22-28(31)44)24-11-2-1-3-12-24)30-16-10-20-35-37(30)29-15-6-9-19-34(29)53-35/h1-23H. The maximum atomic E-state index is 6.75. The minimum Gasteiger partial charge on any atom is -0.456 e. The highest BCUT2D eigenvalue weighted by molar-refractivity contribution is 6.68. The smallest absolute Gasteiger partial charge is 0.144 e. The van der Waals surface area contributed by atoms with E-state index < -0.39 is 0 Å². The minimum atomic E-state index is 0.154. The van der Waals surface area contributed by atoms with Crippen molar-refractivity contribution in [3.63, 3.8) is 0 Å². The average Bonchev–Trinajstić information content (AvgIpc) is 3.77. The minimum absolute atomic E-state index is 0.154. The molecule has 8 aromatic carbocycles. The number of para-hydroxylation sites is 3. The summed E-state index contributed by atoms with van der Waals surface area (Å²) in [6.07, 6.45) is 0. The molecule has 0 bridgehead atoms. The average molecular weight is 662 g/mol. The quantitative estimate of drug-likeness (QED) is 0.166. The molecule has 0 N–H and O–H groups in total. The Balaban J connectivity index is 1.42. The predicted molar refractivity (Wildman–Crippen MR) is 227 cm³/mol. The lowest BCUT2D eigenvalue weighted by Crippen LogP contribution is -2.55. The van der Waals surface area contributed by atoms with Crippen LogP contribution in [0.5, 0.6) is 0 Å². The van der Waals surface area contributed by atoms with E-state index in [-0.39, 0.29) is 27.3 Å². The second kappa shape index (κ2) is 12.0. The van der Waals surface area contributed by atoms with Crippen molar-refractivity contribution < 1.29 is 4.42 Å². The number of rotatable bonds is 4. The second-order valence-corrected chi connectivity index (χ2v) is 13.4. The molecule has 10 rings (SSSR count). The van der Waals surface area contributed by atoms with Crippen LogP contribution in [0.25, 0.3) is 93.8 Å². The van der Waals surface area contributed by atoms with Crippen LogP contribution >= 0.6 is 0 Å². The van der Waals surface area contributed by atoms with Gasteiger partial charge in [0, 0.05) is 27.1 Å². The zero-order valence-corrected chi connectivity index (χ0v) is 28.5. The molecule has 0 aliphatic heterocycles. The van der Waals surface area contributed by atoms with E-state index >= 15 is 0 Å². The summed E-state index contributed by atoms with van der Waals surface area (Å²) in [5.74, 6) is 0.508. The van der Waals surface area contributed by atoms with Crippen LogP contribution in [0.2, 0.25) is 0 Å². The Morgan fingerprint density at radius 2 is 1.08 bits per heavy atom. The largest absolute Gasteiger partial charge is 0.456 e. The predicted octanol–water partition coefficient (Wildman–Crippen LogP) is 6.20. The van der Waals surface area contributed by atoms with Crippen molar-refractivity contribution in [3.8, 4) is 39.3 Å². The van der Waals surface area contributed by atoms with Crippen molar-refractivity contribution in [1.29, 1.82) is 0 Å². The van der Waals surface area contributed by atoms with Gasteiger partial charge in [-0.15, -0.1) is 16.4 Å². The Bertz CT molecular complexity index is 3100. The molecular weight excluding hydrogens is 639 g/mol. The van der Waals surface area contributed by atoms with Gasteiger partial charge < -0.3 is 4.42 Å². The fraction of sp³-hybridized carbons (Fsp3) is 0. The van der Waals surface area contributed by atoms with E-state index in [4.69, 9.17) is 48.6 Å². The summed E-state index contributed by atoms with van der Waals surface area (Å²) in [5.41, 5.74) is 9.97. The maximum Gasteiger partial charge on any atom is 0.144 e. The summed E-state index contributed by atoms with van der Waals surface area (Å²) < 4.78 is 8.55. The van der Waals surface area contributed by atoms with Crippen molar-refractivity contribution in [2.75, 3.05) is 0 Å². The molecule has 0 atom stereocenters. The first-order chi connectivity index (χ1) is 25.9. The van der Waals surface area contributed by atoms with Gasteiger partial charge in [0.05, 0.1) is 16.7 Å². The monoisotopic (exact) mass is 662 g/mol. The summed E-state index contributed by atoms with van der Waals surface area (Å²) in [4.78, 5) is 5.16. The molecule has 234 valence electrons. The van der Waals surface area contributed by atoms with E-state index in [1.165, 1.54) is 0 Å². The summed E-state index contributed by atoms with van der Waals surface area (Å²) in [6.45, 7) is 0. The van der Waals surface area contributed by atoms with Gasteiger partial charge in [0.25, 0.3) is 0 Å². The summed E-state index contributed by atoms with van der Waals surface area (Å²) in [7, 11) is 32.7. The van der Waals surface area contributed by atoms with Crippen LogP contribution in [-0.4, -0.2) is 48.8 Å². The molecular formula is C45H23B5N2O. The highest BCUT2D eigenvalue weighted by Crippen LogP contribution is 2.47. The lowest BCUT2D eigenvalue weighted by Gasteiger charge is -2.24. The highest BCUT2D eigenvalue weighted by atomic mass is 16.3. The highest BCUT2D eigenvalue weighted by Gasteiger charge is 2.25. The molecule has 0 fully saturated rings. The van der Waals surface area contributed by atoms with Gasteiger partial charge in [0.2, 0.25) is 0 Å². The van der Waals surface area contributed by atoms with E-state index in [0.29, 0.717) is 11.4 Å². The lowest BCUT2D eigenvalue weighted by atomic mass is 9.60. The number of benzene rings is 8. The molecule has 0 amide bonds. The second-order valence-electron chi connectivity index (χ2n) is 13.4. The summed E-state index contributed by atoms with van der Waals surface area (Å²) in [5, 5.41) is 6.24. The van der Waals surface area contributed by atoms with Crippen LogP contribution < -0.4 is 27.3 Å². The summed E-state index contributed by atoms with van der Waals surface area (Å²) in [6, 6.07) is 48.1. The Hall–Kier alpha value is -6.13. The Kier molecular flexibility index (Phi) is 7.13. The van der Waals surface area contributed by atoms with Gasteiger partial charge in [-0.05, 0) is 63.4 Å². The summed E-state index contributed by atoms with van der Waals surface area (Å²) >= 11 is 0. The van der Waals surface area contributed by atoms with Crippen LogP contribution in [-0.2, 0) is 0 Å². The van der Waals surface area contributed by atoms with E-state index in [1.54, 1.807) is 0 Å². The molecule has 0 aliphatic carbocycles. The Morgan fingerprint density at radius 3 is 1.87 bits per heavy atom. The van der Waals surface area contributed by atoms with Crippen molar-refractivity contribution in [2.24, 2.45) is 0 Å². The van der Waals surface area contributed by atoms with Gasteiger partial charge in [-0.1, -0.05) is 120 Å². The third-order valence-electron chi connectivity index (χ3n) is 10.5. The van der Waals surface area contributed by atoms with Crippen molar-refractivity contribution >= 4 is 121 Å².